The normalized spacial score (nSPS) is 41.8. The minimum atomic E-state index is -1.08. The van der Waals surface area contributed by atoms with Crippen molar-refractivity contribution in [1.29, 1.82) is 0 Å². The van der Waals surface area contributed by atoms with E-state index in [0.29, 0.717) is 0 Å². The largest absolute Gasteiger partial charge is 0.388 e. The number of unbranched alkanes of at least 4 members (excludes halogenated alkanes) is 2. The van der Waals surface area contributed by atoms with Crippen molar-refractivity contribution in [1.82, 2.24) is 0 Å². The van der Waals surface area contributed by atoms with E-state index in [0.717, 1.165) is 25.7 Å². The maximum absolute atomic E-state index is 9.69. The fourth-order valence-corrected chi connectivity index (χ4v) is 1.97. The number of aliphatic hydroxyl groups excluding tert-OH is 3. The van der Waals surface area contributed by atoms with Crippen LogP contribution in [0.1, 0.15) is 39.5 Å². The molecular formula is C11H22O4. The van der Waals surface area contributed by atoms with Crippen molar-refractivity contribution in [3.8, 4) is 0 Å². The second-order valence-corrected chi connectivity index (χ2v) is 4.35. The van der Waals surface area contributed by atoms with Gasteiger partial charge in [0.2, 0.25) is 0 Å². The summed E-state index contributed by atoms with van der Waals surface area (Å²) in [7, 11) is 0. The molecule has 1 heterocycles. The van der Waals surface area contributed by atoms with Crippen molar-refractivity contribution in [2.24, 2.45) is 0 Å². The summed E-state index contributed by atoms with van der Waals surface area (Å²) in [6, 6.07) is 0. The lowest BCUT2D eigenvalue weighted by Gasteiger charge is -2.39. The second kappa shape index (κ2) is 5.80. The van der Waals surface area contributed by atoms with Gasteiger partial charge >= 0.3 is 0 Å². The number of ether oxygens (including phenoxy) is 1. The van der Waals surface area contributed by atoms with Crippen LogP contribution in [0.25, 0.3) is 0 Å². The number of hydrogen-bond acceptors (Lipinski definition) is 4. The van der Waals surface area contributed by atoms with E-state index in [1.54, 1.807) is 6.92 Å². The first-order valence-corrected chi connectivity index (χ1v) is 5.77. The Morgan fingerprint density at radius 1 is 1.00 bits per heavy atom. The van der Waals surface area contributed by atoms with E-state index in [1.807, 2.05) is 0 Å². The zero-order valence-electron chi connectivity index (χ0n) is 9.47. The predicted octanol–water partition coefficient (Wildman–Crippen LogP) is 0.437. The summed E-state index contributed by atoms with van der Waals surface area (Å²) >= 11 is 0. The van der Waals surface area contributed by atoms with Crippen LogP contribution in [0.4, 0.5) is 0 Å². The average molecular weight is 218 g/mol. The van der Waals surface area contributed by atoms with Gasteiger partial charge < -0.3 is 20.1 Å². The summed E-state index contributed by atoms with van der Waals surface area (Å²) in [5, 5.41) is 28.7. The highest BCUT2D eigenvalue weighted by atomic mass is 16.5. The molecule has 1 saturated heterocycles. The van der Waals surface area contributed by atoms with Gasteiger partial charge in [0.15, 0.2) is 0 Å². The minimum Gasteiger partial charge on any atom is -0.388 e. The van der Waals surface area contributed by atoms with E-state index in [2.05, 4.69) is 6.92 Å². The van der Waals surface area contributed by atoms with E-state index in [1.165, 1.54) is 0 Å². The quantitative estimate of drug-likeness (QED) is 0.599. The Hall–Kier alpha value is -0.160. The van der Waals surface area contributed by atoms with Crippen LogP contribution in [0.2, 0.25) is 0 Å². The number of rotatable bonds is 4. The van der Waals surface area contributed by atoms with Crippen molar-refractivity contribution < 1.29 is 20.1 Å². The monoisotopic (exact) mass is 218 g/mol. The molecule has 0 amide bonds. The standard InChI is InChI=1S/C11H22O4/c1-3-4-5-6-8-10(13)11(14)9(12)7(2)15-8/h7-14H,3-6H2,1-2H3/t7?,8?,9-,10?,11-/m0/s1. The molecule has 0 radical (unpaired) electrons. The Morgan fingerprint density at radius 3 is 2.27 bits per heavy atom. The van der Waals surface area contributed by atoms with Gasteiger partial charge in [-0.3, -0.25) is 0 Å². The zero-order chi connectivity index (χ0) is 11.4. The van der Waals surface area contributed by atoms with Crippen molar-refractivity contribution in [3.05, 3.63) is 0 Å². The van der Waals surface area contributed by atoms with Crippen LogP contribution < -0.4 is 0 Å². The van der Waals surface area contributed by atoms with Crippen LogP contribution in [0.5, 0.6) is 0 Å². The Morgan fingerprint density at radius 2 is 1.67 bits per heavy atom. The van der Waals surface area contributed by atoms with Gasteiger partial charge in [-0.2, -0.15) is 0 Å². The first kappa shape index (κ1) is 12.9. The van der Waals surface area contributed by atoms with Gasteiger partial charge in [-0.1, -0.05) is 26.2 Å². The summed E-state index contributed by atoms with van der Waals surface area (Å²) < 4.78 is 5.47. The van der Waals surface area contributed by atoms with Gasteiger partial charge in [0.25, 0.3) is 0 Å². The van der Waals surface area contributed by atoms with Gasteiger partial charge in [-0.15, -0.1) is 0 Å². The average Bonchev–Trinajstić information content (AvgIpc) is 2.23. The maximum Gasteiger partial charge on any atom is 0.111 e. The summed E-state index contributed by atoms with van der Waals surface area (Å²) in [6.45, 7) is 3.83. The van der Waals surface area contributed by atoms with E-state index in [-0.39, 0.29) is 6.10 Å². The molecule has 0 aromatic heterocycles. The van der Waals surface area contributed by atoms with Crippen molar-refractivity contribution in [2.75, 3.05) is 0 Å². The third-order valence-electron chi connectivity index (χ3n) is 3.04. The van der Waals surface area contributed by atoms with Gasteiger partial charge in [-0.25, -0.2) is 0 Å². The van der Waals surface area contributed by atoms with Crippen molar-refractivity contribution >= 4 is 0 Å². The Labute approximate surface area is 90.9 Å². The molecule has 1 aliphatic heterocycles. The molecule has 4 nitrogen and oxygen atoms in total. The van der Waals surface area contributed by atoms with Crippen LogP contribution >= 0.6 is 0 Å². The highest BCUT2D eigenvalue weighted by molar-refractivity contribution is 4.90. The molecule has 0 aromatic carbocycles. The van der Waals surface area contributed by atoms with Crippen LogP contribution in [0.15, 0.2) is 0 Å². The van der Waals surface area contributed by atoms with E-state index >= 15 is 0 Å². The lowest BCUT2D eigenvalue weighted by atomic mass is 9.93. The topological polar surface area (TPSA) is 69.9 Å². The van der Waals surface area contributed by atoms with Crippen LogP contribution in [0, 0.1) is 0 Å². The van der Waals surface area contributed by atoms with Gasteiger partial charge in [0.05, 0.1) is 12.2 Å². The van der Waals surface area contributed by atoms with E-state index in [9.17, 15) is 15.3 Å². The second-order valence-electron chi connectivity index (χ2n) is 4.35. The molecule has 15 heavy (non-hydrogen) atoms. The molecule has 4 heteroatoms. The molecule has 3 unspecified atom stereocenters. The minimum absolute atomic E-state index is 0.343. The fraction of sp³-hybridized carbons (Fsp3) is 1.00. The number of aliphatic hydroxyl groups is 3. The SMILES string of the molecule is CCCCCC1OC(C)[C@H](O)[C@H](O)C1O. The summed E-state index contributed by atoms with van der Waals surface area (Å²) in [5.41, 5.74) is 0. The highest BCUT2D eigenvalue weighted by Gasteiger charge is 2.40. The Balaban J connectivity index is 2.43. The first-order valence-electron chi connectivity index (χ1n) is 5.77. The molecule has 0 saturated carbocycles. The maximum atomic E-state index is 9.69. The van der Waals surface area contributed by atoms with Crippen LogP contribution in [0.3, 0.4) is 0 Å². The molecule has 3 N–H and O–H groups in total. The first-order chi connectivity index (χ1) is 7.07. The lowest BCUT2D eigenvalue weighted by molar-refractivity contribution is -0.218. The van der Waals surface area contributed by atoms with E-state index < -0.39 is 24.4 Å². The Kier molecular flexibility index (Phi) is 4.99. The third-order valence-corrected chi connectivity index (χ3v) is 3.04. The summed E-state index contributed by atoms with van der Waals surface area (Å²) in [4.78, 5) is 0. The van der Waals surface area contributed by atoms with Crippen molar-refractivity contribution in [3.63, 3.8) is 0 Å². The third kappa shape index (κ3) is 3.14. The molecule has 1 aliphatic rings. The molecule has 5 atom stereocenters. The van der Waals surface area contributed by atoms with Gasteiger partial charge in [-0.05, 0) is 13.3 Å². The molecule has 0 aliphatic carbocycles. The van der Waals surface area contributed by atoms with Crippen molar-refractivity contribution in [2.45, 2.75) is 70.1 Å². The zero-order valence-corrected chi connectivity index (χ0v) is 9.47. The predicted molar refractivity (Wildman–Crippen MR) is 56.5 cm³/mol. The lowest BCUT2D eigenvalue weighted by Crippen LogP contribution is -2.56. The molecule has 1 fully saturated rings. The molecule has 0 aromatic rings. The highest BCUT2D eigenvalue weighted by Crippen LogP contribution is 2.24. The summed E-state index contributed by atoms with van der Waals surface area (Å²) in [5.74, 6) is 0. The molecular weight excluding hydrogens is 196 g/mol. The molecule has 0 spiro atoms. The number of hydrogen-bond donors (Lipinski definition) is 3. The molecule has 0 bridgehead atoms. The van der Waals surface area contributed by atoms with E-state index in [4.69, 9.17) is 4.74 Å². The Bertz CT molecular complexity index is 185. The van der Waals surface area contributed by atoms with Crippen LogP contribution in [-0.2, 0) is 4.74 Å². The summed E-state index contributed by atoms with van der Waals surface area (Å²) in [6.07, 6.45) is 0.149. The van der Waals surface area contributed by atoms with Gasteiger partial charge in [0, 0.05) is 0 Å². The molecule has 1 rings (SSSR count). The smallest absolute Gasteiger partial charge is 0.111 e. The van der Waals surface area contributed by atoms with Gasteiger partial charge in [0.1, 0.15) is 18.3 Å². The van der Waals surface area contributed by atoms with Crippen LogP contribution in [-0.4, -0.2) is 45.8 Å². The molecule has 90 valence electrons. The fourth-order valence-electron chi connectivity index (χ4n) is 1.97.